The summed E-state index contributed by atoms with van der Waals surface area (Å²) in [5.74, 6) is 1.45. The second kappa shape index (κ2) is 10.4. The monoisotopic (exact) mass is 452 g/mol. The molecule has 1 aliphatic rings. The Hall–Kier alpha value is -3.52. The zero-order chi connectivity index (χ0) is 23.2. The molecule has 174 valence electrons. The van der Waals surface area contributed by atoms with Gasteiger partial charge in [-0.15, -0.1) is 0 Å². The van der Waals surface area contributed by atoms with Crippen molar-refractivity contribution in [2.45, 2.75) is 13.8 Å². The van der Waals surface area contributed by atoms with Crippen molar-refractivity contribution >= 4 is 16.9 Å². The summed E-state index contributed by atoms with van der Waals surface area (Å²) in [5.41, 5.74) is 0.0472. The molecular formula is C25H28N2O6. The lowest BCUT2D eigenvalue weighted by Gasteiger charge is -2.33. The molecule has 1 saturated heterocycles. The van der Waals surface area contributed by atoms with Crippen molar-refractivity contribution in [1.29, 1.82) is 0 Å². The van der Waals surface area contributed by atoms with Crippen LogP contribution in [-0.4, -0.2) is 61.6 Å². The summed E-state index contributed by atoms with van der Waals surface area (Å²) in [6.07, 6.45) is 1.27. The van der Waals surface area contributed by atoms with E-state index >= 15 is 0 Å². The van der Waals surface area contributed by atoms with Crippen LogP contribution < -0.4 is 19.6 Å². The Kier molecular flexibility index (Phi) is 7.14. The van der Waals surface area contributed by atoms with Crippen LogP contribution in [0.25, 0.3) is 11.0 Å². The molecule has 0 N–H and O–H groups in total. The minimum absolute atomic E-state index is 0.0518. The number of carbonyl (C=O) groups is 1. The number of rotatable bonds is 8. The Morgan fingerprint density at radius 1 is 0.970 bits per heavy atom. The first-order valence-electron chi connectivity index (χ1n) is 11.2. The van der Waals surface area contributed by atoms with Gasteiger partial charge >= 0.3 is 0 Å². The molecular weight excluding hydrogens is 424 g/mol. The van der Waals surface area contributed by atoms with E-state index in [9.17, 15) is 9.59 Å². The number of benzene rings is 2. The van der Waals surface area contributed by atoms with Gasteiger partial charge in [0.05, 0.1) is 12.0 Å². The first-order chi connectivity index (χ1) is 16.1. The van der Waals surface area contributed by atoms with Crippen LogP contribution in [-0.2, 0) is 4.79 Å². The van der Waals surface area contributed by atoms with Gasteiger partial charge in [0.15, 0.2) is 18.1 Å². The molecule has 0 atom stereocenters. The highest BCUT2D eigenvalue weighted by Crippen LogP contribution is 2.31. The number of hydrogen-bond acceptors (Lipinski definition) is 7. The van der Waals surface area contributed by atoms with Crippen LogP contribution in [0.5, 0.6) is 23.0 Å². The normalized spacial score (nSPS) is 14.3. The number of hydrogen-bond donors (Lipinski definition) is 0. The average Bonchev–Trinajstić information content (AvgIpc) is 2.85. The van der Waals surface area contributed by atoms with E-state index in [1.165, 1.54) is 6.26 Å². The molecule has 1 aromatic heterocycles. The van der Waals surface area contributed by atoms with E-state index in [0.717, 1.165) is 19.6 Å². The van der Waals surface area contributed by atoms with Crippen molar-refractivity contribution < 1.29 is 23.4 Å². The van der Waals surface area contributed by atoms with Crippen molar-refractivity contribution in [2.75, 3.05) is 45.9 Å². The fourth-order valence-corrected chi connectivity index (χ4v) is 3.73. The molecule has 2 heterocycles. The Bertz CT molecular complexity index is 1170. The van der Waals surface area contributed by atoms with E-state index in [2.05, 4.69) is 11.8 Å². The zero-order valence-electron chi connectivity index (χ0n) is 18.9. The quantitative estimate of drug-likeness (QED) is 0.517. The minimum Gasteiger partial charge on any atom is -0.490 e. The summed E-state index contributed by atoms with van der Waals surface area (Å²) in [6.45, 7) is 8.58. The van der Waals surface area contributed by atoms with Crippen LogP contribution in [0.2, 0.25) is 0 Å². The zero-order valence-corrected chi connectivity index (χ0v) is 18.9. The number of amides is 1. The van der Waals surface area contributed by atoms with Crippen molar-refractivity contribution in [3.63, 3.8) is 0 Å². The summed E-state index contributed by atoms with van der Waals surface area (Å²) in [4.78, 5) is 29.5. The standard InChI is InChI=1S/C25H28N2O6/c1-3-26-11-13-27(14-12-26)24(28)17-31-18-9-10-19-22(15-18)32-16-23(25(19)29)33-21-8-6-5-7-20(21)30-4-2/h5-10,15-16H,3-4,11-14,17H2,1-2H3. The van der Waals surface area contributed by atoms with Gasteiger partial charge in [-0.1, -0.05) is 19.1 Å². The van der Waals surface area contributed by atoms with Crippen molar-refractivity contribution in [3.05, 3.63) is 59.0 Å². The van der Waals surface area contributed by atoms with Gasteiger partial charge in [0.25, 0.3) is 5.91 Å². The molecule has 0 bridgehead atoms. The highest BCUT2D eigenvalue weighted by atomic mass is 16.5. The van der Waals surface area contributed by atoms with E-state index < -0.39 is 0 Å². The fraction of sp³-hybridized carbons (Fsp3) is 0.360. The van der Waals surface area contributed by atoms with Gasteiger partial charge in [-0.3, -0.25) is 9.59 Å². The van der Waals surface area contributed by atoms with Crippen molar-refractivity contribution in [2.24, 2.45) is 0 Å². The lowest BCUT2D eigenvalue weighted by atomic mass is 10.2. The maximum atomic E-state index is 12.9. The molecule has 0 spiro atoms. The van der Waals surface area contributed by atoms with Crippen LogP contribution >= 0.6 is 0 Å². The van der Waals surface area contributed by atoms with Gasteiger partial charge < -0.3 is 28.4 Å². The van der Waals surface area contributed by atoms with Gasteiger partial charge in [-0.05, 0) is 37.7 Å². The van der Waals surface area contributed by atoms with Crippen molar-refractivity contribution in [3.8, 4) is 23.0 Å². The molecule has 4 rings (SSSR count). The number of likely N-dealkylation sites (N-methyl/N-ethyl adjacent to an activating group) is 1. The molecule has 33 heavy (non-hydrogen) atoms. The minimum atomic E-state index is -0.307. The second-order valence-corrected chi connectivity index (χ2v) is 7.67. The molecule has 1 aliphatic heterocycles. The number of carbonyl (C=O) groups excluding carboxylic acids is 1. The van der Waals surface area contributed by atoms with E-state index in [0.29, 0.717) is 47.9 Å². The molecule has 0 unspecified atom stereocenters. The van der Waals surface area contributed by atoms with Gasteiger partial charge in [0.2, 0.25) is 11.2 Å². The maximum absolute atomic E-state index is 12.9. The molecule has 3 aromatic rings. The molecule has 0 saturated carbocycles. The number of fused-ring (bicyclic) bond motifs is 1. The summed E-state index contributed by atoms with van der Waals surface area (Å²) in [5, 5.41) is 0.357. The largest absolute Gasteiger partial charge is 0.490 e. The SMILES string of the molecule is CCOc1ccccc1Oc1coc2cc(OCC(=O)N3CCN(CC)CC3)ccc2c1=O. The molecule has 1 fully saturated rings. The first-order valence-corrected chi connectivity index (χ1v) is 11.2. The third kappa shape index (κ3) is 5.28. The highest BCUT2D eigenvalue weighted by molar-refractivity contribution is 5.80. The van der Waals surface area contributed by atoms with Gasteiger partial charge in [-0.25, -0.2) is 0 Å². The first kappa shape index (κ1) is 22.7. The predicted octanol–water partition coefficient (Wildman–Crippen LogP) is 3.53. The third-order valence-corrected chi connectivity index (χ3v) is 5.62. The maximum Gasteiger partial charge on any atom is 0.260 e. The lowest BCUT2D eigenvalue weighted by Crippen LogP contribution is -2.49. The molecule has 8 nitrogen and oxygen atoms in total. The van der Waals surface area contributed by atoms with Gasteiger partial charge in [-0.2, -0.15) is 0 Å². The lowest BCUT2D eigenvalue weighted by molar-refractivity contribution is -0.135. The Labute approximate surface area is 192 Å². The van der Waals surface area contributed by atoms with Crippen LogP contribution in [0.3, 0.4) is 0 Å². The van der Waals surface area contributed by atoms with Gasteiger partial charge in [0.1, 0.15) is 17.6 Å². The van der Waals surface area contributed by atoms with Crippen LogP contribution in [0.15, 0.2) is 57.9 Å². The smallest absolute Gasteiger partial charge is 0.260 e. The van der Waals surface area contributed by atoms with Gasteiger partial charge in [0, 0.05) is 32.2 Å². The van der Waals surface area contributed by atoms with Crippen LogP contribution in [0.1, 0.15) is 13.8 Å². The summed E-state index contributed by atoms with van der Waals surface area (Å²) >= 11 is 0. The van der Waals surface area contributed by atoms with Crippen molar-refractivity contribution in [1.82, 2.24) is 9.80 Å². The summed E-state index contributed by atoms with van der Waals surface area (Å²) < 4.78 is 22.6. The molecule has 2 aromatic carbocycles. The van der Waals surface area contributed by atoms with E-state index in [-0.39, 0.29) is 23.7 Å². The number of ether oxygens (including phenoxy) is 3. The molecule has 1 amide bonds. The topological polar surface area (TPSA) is 81.4 Å². The predicted molar refractivity (Wildman–Crippen MR) is 124 cm³/mol. The summed E-state index contributed by atoms with van der Waals surface area (Å²) in [6, 6.07) is 12.0. The average molecular weight is 453 g/mol. The molecule has 8 heteroatoms. The third-order valence-electron chi connectivity index (χ3n) is 5.62. The number of para-hydroxylation sites is 2. The van der Waals surface area contributed by atoms with E-state index in [1.54, 1.807) is 36.4 Å². The van der Waals surface area contributed by atoms with Crippen LogP contribution in [0, 0.1) is 0 Å². The molecule has 0 radical (unpaired) electrons. The Balaban J connectivity index is 1.44. The Morgan fingerprint density at radius 3 is 2.45 bits per heavy atom. The molecule has 0 aliphatic carbocycles. The number of piperazine rings is 1. The highest BCUT2D eigenvalue weighted by Gasteiger charge is 2.20. The second-order valence-electron chi connectivity index (χ2n) is 7.67. The van der Waals surface area contributed by atoms with E-state index in [4.69, 9.17) is 18.6 Å². The summed E-state index contributed by atoms with van der Waals surface area (Å²) in [7, 11) is 0. The Morgan fingerprint density at radius 2 is 1.73 bits per heavy atom. The van der Waals surface area contributed by atoms with Crippen LogP contribution in [0.4, 0.5) is 0 Å². The number of nitrogens with zero attached hydrogens (tertiary/aromatic N) is 2. The van der Waals surface area contributed by atoms with E-state index in [1.807, 2.05) is 17.9 Å². The fourth-order valence-electron chi connectivity index (χ4n) is 3.73.